The first-order valence-corrected chi connectivity index (χ1v) is 8.34. The highest BCUT2D eigenvalue weighted by Crippen LogP contribution is 2.20. The van der Waals surface area contributed by atoms with E-state index >= 15 is 0 Å². The van der Waals surface area contributed by atoms with Gasteiger partial charge in [0.2, 0.25) is 0 Å². The third kappa shape index (κ3) is 7.31. The molecule has 0 aliphatic heterocycles. The van der Waals surface area contributed by atoms with E-state index in [-0.39, 0.29) is 0 Å². The number of rotatable bonds is 11. The Morgan fingerprint density at radius 3 is 2.67 bits per heavy atom. The maximum absolute atomic E-state index is 12.0. The number of carbonyl (C=O) groups is 1. The van der Waals surface area contributed by atoms with Crippen LogP contribution in [0.2, 0.25) is 0 Å². The Bertz CT molecular complexity index is 412. The van der Waals surface area contributed by atoms with Gasteiger partial charge in [-0.2, -0.15) is 0 Å². The highest BCUT2D eigenvalue weighted by Gasteiger charge is 2.09. The molecule has 2 nitrogen and oxygen atoms in total. The number of carbonyl (C=O) groups excluding carboxylic acids is 1. The van der Waals surface area contributed by atoms with Crippen molar-refractivity contribution in [2.45, 2.75) is 65.2 Å². The largest absolute Gasteiger partial charge is 0.497 e. The van der Waals surface area contributed by atoms with Gasteiger partial charge in [-0.3, -0.25) is 4.79 Å². The SMILES string of the molecule is CCCCC(CC)CCC(=O)CCc1cccc(OC)c1. The molecule has 0 amide bonds. The molecule has 0 saturated carbocycles. The zero-order valence-corrected chi connectivity index (χ0v) is 13.9. The van der Waals surface area contributed by atoms with E-state index in [1.807, 2.05) is 18.2 Å². The summed E-state index contributed by atoms with van der Waals surface area (Å²) in [4.78, 5) is 12.0. The smallest absolute Gasteiger partial charge is 0.133 e. The van der Waals surface area contributed by atoms with Gasteiger partial charge in [-0.15, -0.1) is 0 Å². The van der Waals surface area contributed by atoms with Crippen molar-refractivity contribution in [2.75, 3.05) is 7.11 Å². The van der Waals surface area contributed by atoms with Gasteiger partial charge in [0.15, 0.2) is 0 Å². The fourth-order valence-corrected chi connectivity index (χ4v) is 2.65. The molecule has 0 aromatic heterocycles. The normalized spacial score (nSPS) is 12.1. The summed E-state index contributed by atoms with van der Waals surface area (Å²) in [6, 6.07) is 8.00. The summed E-state index contributed by atoms with van der Waals surface area (Å²) in [5, 5.41) is 0. The van der Waals surface area contributed by atoms with Crippen LogP contribution in [-0.4, -0.2) is 12.9 Å². The quantitative estimate of drug-likeness (QED) is 0.560. The van der Waals surface area contributed by atoms with Crippen LogP contribution in [0.4, 0.5) is 0 Å². The number of benzene rings is 1. The molecule has 1 atom stereocenters. The van der Waals surface area contributed by atoms with Crippen LogP contribution in [0, 0.1) is 5.92 Å². The number of ether oxygens (including phenoxy) is 1. The maximum Gasteiger partial charge on any atom is 0.133 e. The highest BCUT2D eigenvalue weighted by molar-refractivity contribution is 5.78. The minimum atomic E-state index is 0.396. The number of unbranched alkanes of at least 4 members (excludes halogenated alkanes) is 1. The minimum Gasteiger partial charge on any atom is -0.497 e. The molecule has 2 heteroatoms. The molecule has 1 aromatic carbocycles. The molecule has 0 saturated heterocycles. The van der Waals surface area contributed by atoms with Crippen LogP contribution in [0.3, 0.4) is 0 Å². The summed E-state index contributed by atoms with van der Waals surface area (Å²) < 4.78 is 5.21. The molecular formula is C19H30O2. The second kappa shape index (κ2) is 10.4. The van der Waals surface area contributed by atoms with Crippen molar-refractivity contribution >= 4 is 5.78 Å². The first-order valence-electron chi connectivity index (χ1n) is 8.34. The van der Waals surface area contributed by atoms with E-state index in [0.717, 1.165) is 30.9 Å². The number of hydrogen-bond acceptors (Lipinski definition) is 2. The average molecular weight is 290 g/mol. The molecule has 0 radical (unpaired) electrons. The van der Waals surface area contributed by atoms with Gasteiger partial charge in [-0.25, -0.2) is 0 Å². The van der Waals surface area contributed by atoms with Crippen molar-refractivity contribution in [3.05, 3.63) is 29.8 Å². The molecular weight excluding hydrogens is 260 g/mol. The fourth-order valence-electron chi connectivity index (χ4n) is 2.65. The molecule has 0 aliphatic rings. The summed E-state index contributed by atoms with van der Waals surface area (Å²) in [5.74, 6) is 1.99. The third-order valence-electron chi connectivity index (χ3n) is 4.20. The second-order valence-electron chi connectivity index (χ2n) is 5.85. The van der Waals surface area contributed by atoms with Crippen molar-refractivity contribution in [3.8, 4) is 5.75 Å². The lowest BCUT2D eigenvalue weighted by molar-refractivity contribution is -0.119. The molecule has 0 heterocycles. The minimum absolute atomic E-state index is 0.396. The van der Waals surface area contributed by atoms with Crippen LogP contribution in [0.1, 0.15) is 64.4 Å². The molecule has 118 valence electrons. The van der Waals surface area contributed by atoms with Crippen molar-refractivity contribution in [1.29, 1.82) is 0 Å². The Morgan fingerprint density at radius 1 is 1.19 bits per heavy atom. The zero-order chi connectivity index (χ0) is 15.5. The monoisotopic (exact) mass is 290 g/mol. The van der Waals surface area contributed by atoms with Gasteiger partial charge in [0, 0.05) is 12.8 Å². The van der Waals surface area contributed by atoms with Gasteiger partial charge in [0.25, 0.3) is 0 Å². The van der Waals surface area contributed by atoms with Gasteiger partial charge in [-0.1, -0.05) is 51.7 Å². The molecule has 1 unspecified atom stereocenters. The molecule has 0 spiro atoms. The van der Waals surface area contributed by atoms with Gasteiger partial charge >= 0.3 is 0 Å². The summed E-state index contributed by atoms with van der Waals surface area (Å²) in [6.45, 7) is 4.47. The zero-order valence-electron chi connectivity index (χ0n) is 13.9. The van der Waals surface area contributed by atoms with Crippen LogP contribution >= 0.6 is 0 Å². The second-order valence-corrected chi connectivity index (χ2v) is 5.85. The van der Waals surface area contributed by atoms with Gasteiger partial charge < -0.3 is 4.74 Å². The molecule has 1 rings (SSSR count). The van der Waals surface area contributed by atoms with Crippen LogP contribution in [0.25, 0.3) is 0 Å². The highest BCUT2D eigenvalue weighted by atomic mass is 16.5. The van der Waals surface area contributed by atoms with Gasteiger partial charge in [0.05, 0.1) is 7.11 Å². The van der Waals surface area contributed by atoms with Crippen molar-refractivity contribution in [1.82, 2.24) is 0 Å². The molecule has 0 N–H and O–H groups in total. The van der Waals surface area contributed by atoms with E-state index in [4.69, 9.17) is 4.74 Å². The number of methoxy groups -OCH3 is 1. The van der Waals surface area contributed by atoms with Crippen LogP contribution in [0.5, 0.6) is 5.75 Å². The predicted octanol–water partition coefficient (Wildman–Crippen LogP) is 5.19. The van der Waals surface area contributed by atoms with Crippen LogP contribution in [0.15, 0.2) is 24.3 Å². The fraction of sp³-hybridized carbons (Fsp3) is 0.632. The van der Waals surface area contributed by atoms with Crippen molar-refractivity contribution < 1.29 is 9.53 Å². The lowest BCUT2D eigenvalue weighted by Crippen LogP contribution is -2.06. The Hall–Kier alpha value is -1.31. The van der Waals surface area contributed by atoms with Gasteiger partial charge in [0.1, 0.15) is 11.5 Å². The number of aryl methyl sites for hydroxylation is 1. The molecule has 0 bridgehead atoms. The maximum atomic E-state index is 12.0. The Kier molecular flexibility index (Phi) is 8.80. The Labute approximate surface area is 129 Å². The summed E-state index contributed by atoms with van der Waals surface area (Å²) in [6.07, 6.45) is 8.29. The molecule has 21 heavy (non-hydrogen) atoms. The first-order chi connectivity index (χ1) is 10.2. The van der Waals surface area contributed by atoms with E-state index in [2.05, 4.69) is 19.9 Å². The Morgan fingerprint density at radius 2 is 2.00 bits per heavy atom. The summed E-state index contributed by atoms with van der Waals surface area (Å²) in [5.41, 5.74) is 1.18. The van der Waals surface area contributed by atoms with Crippen molar-refractivity contribution in [3.63, 3.8) is 0 Å². The topological polar surface area (TPSA) is 26.3 Å². The van der Waals surface area contributed by atoms with E-state index in [0.29, 0.717) is 12.2 Å². The predicted molar refractivity (Wildman–Crippen MR) is 88.9 cm³/mol. The van der Waals surface area contributed by atoms with Crippen LogP contribution in [-0.2, 0) is 11.2 Å². The number of Topliss-reactive ketones (excluding diaryl/α,β-unsaturated/α-hetero) is 1. The van der Waals surface area contributed by atoms with E-state index < -0.39 is 0 Å². The van der Waals surface area contributed by atoms with Crippen molar-refractivity contribution in [2.24, 2.45) is 5.92 Å². The van der Waals surface area contributed by atoms with E-state index in [1.165, 1.54) is 31.2 Å². The van der Waals surface area contributed by atoms with E-state index in [9.17, 15) is 4.79 Å². The molecule has 0 fully saturated rings. The third-order valence-corrected chi connectivity index (χ3v) is 4.20. The molecule has 1 aromatic rings. The lowest BCUT2D eigenvalue weighted by Gasteiger charge is -2.13. The number of hydrogen-bond donors (Lipinski definition) is 0. The number of ketones is 1. The Balaban J connectivity index is 2.29. The summed E-state index contributed by atoms with van der Waals surface area (Å²) >= 11 is 0. The molecule has 0 aliphatic carbocycles. The standard InChI is InChI=1S/C19H30O2/c1-4-6-8-16(5-2)11-13-18(20)14-12-17-9-7-10-19(15-17)21-3/h7,9-10,15-16H,4-6,8,11-14H2,1-3H3. The van der Waals surface area contributed by atoms with E-state index in [1.54, 1.807) is 7.11 Å². The average Bonchev–Trinajstić information content (AvgIpc) is 2.53. The lowest BCUT2D eigenvalue weighted by atomic mass is 9.92. The summed E-state index contributed by atoms with van der Waals surface area (Å²) in [7, 11) is 1.67. The van der Waals surface area contributed by atoms with Crippen LogP contribution < -0.4 is 4.74 Å². The first kappa shape index (κ1) is 17.7. The van der Waals surface area contributed by atoms with Gasteiger partial charge in [-0.05, 0) is 36.5 Å².